The van der Waals surface area contributed by atoms with Crippen LogP contribution in [0.3, 0.4) is 0 Å². The van der Waals surface area contributed by atoms with Crippen molar-refractivity contribution in [3.8, 4) is 22.6 Å². The van der Waals surface area contributed by atoms with Gasteiger partial charge in [0.05, 0.1) is 18.4 Å². The molecule has 0 amide bonds. The first kappa shape index (κ1) is 18.9. The molecule has 0 heterocycles. The Balaban J connectivity index is 2.59. The van der Waals surface area contributed by atoms with Gasteiger partial charge in [-0.1, -0.05) is 18.2 Å². The van der Waals surface area contributed by atoms with E-state index >= 15 is 0 Å². The van der Waals surface area contributed by atoms with Crippen molar-refractivity contribution in [1.82, 2.24) is 0 Å². The number of carbonyl (C=O) groups excluding carboxylic acids is 1. The molecule has 2 N–H and O–H groups in total. The largest absolute Gasteiger partial charge is 0.496 e. The number of ether oxygens (including phenoxy) is 3. The Morgan fingerprint density at radius 3 is 2.44 bits per heavy atom. The third-order valence-corrected chi connectivity index (χ3v) is 4.16. The summed E-state index contributed by atoms with van der Waals surface area (Å²) in [6.45, 7) is 0.0279. The van der Waals surface area contributed by atoms with Gasteiger partial charge in [-0.25, -0.2) is 13.6 Å². The first-order valence-electron chi connectivity index (χ1n) is 7.27. The number of rotatable bonds is 8. The van der Waals surface area contributed by atoms with Crippen molar-refractivity contribution in [1.29, 1.82) is 0 Å². The van der Waals surface area contributed by atoms with E-state index in [0.717, 1.165) is 0 Å². The summed E-state index contributed by atoms with van der Waals surface area (Å²) in [4.78, 5) is 11.6. The molecular weight excluding hydrogens is 346 g/mol. The lowest BCUT2D eigenvalue weighted by Gasteiger charge is -2.16. The number of sulfonamides is 1. The molecule has 0 fully saturated rings. The van der Waals surface area contributed by atoms with Crippen LogP contribution in [-0.2, 0) is 20.5 Å². The molecule has 0 saturated heterocycles. The molecular formula is C17H19NO6S. The van der Waals surface area contributed by atoms with Crippen LogP contribution in [0.2, 0.25) is 0 Å². The molecule has 0 bridgehead atoms. The average molecular weight is 365 g/mol. The topological polar surface area (TPSA) is 105 Å². The first-order chi connectivity index (χ1) is 11.9. The number of nitrogens with two attached hydrogens (primary N) is 1. The maximum absolute atomic E-state index is 11.6. The van der Waals surface area contributed by atoms with Gasteiger partial charge >= 0.3 is 0 Å². The third-order valence-electron chi connectivity index (χ3n) is 3.42. The van der Waals surface area contributed by atoms with Gasteiger partial charge in [-0.15, -0.1) is 0 Å². The molecule has 25 heavy (non-hydrogen) atoms. The van der Waals surface area contributed by atoms with Crippen LogP contribution in [0.1, 0.15) is 15.9 Å². The van der Waals surface area contributed by atoms with Gasteiger partial charge in [0.1, 0.15) is 11.5 Å². The minimum atomic E-state index is -3.69. The summed E-state index contributed by atoms with van der Waals surface area (Å²) in [5, 5.41) is 5.06. The molecule has 8 heteroatoms. The summed E-state index contributed by atoms with van der Waals surface area (Å²) in [5.74, 6) is 0.631. The van der Waals surface area contributed by atoms with Gasteiger partial charge in [-0.05, 0) is 29.3 Å². The predicted molar refractivity (Wildman–Crippen MR) is 93.1 cm³/mol. The molecule has 2 aromatic carbocycles. The number of aldehydes is 1. The van der Waals surface area contributed by atoms with Crippen LogP contribution in [0.4, 0.5) is 0 Å². The first-order valence-corrected chi connectivity index (χ1v) is 8.99. The lowest BCUT2D eigenvalue weighted by molar-refractivity contribution is 0.0514. The summed E-state index contributed by atoms with van der Waals surface area (Å²) < 4.78 is 38.4. The van der Waals surface area contributed by atoms with E-state index in [4.69, 9.17) is 19.3 Å². The van der Waals surface area contributed by atoms with Crippen molar-refractivity contribution in [2.45, 2.75) is 5.75 Å². The van der Waals surface area contributed by atoms with E-state index in [9.17, 15) is 13.2 Å². The zero-order valence-corrected chi connectivity index (χ0v) is 14.7. The number of benzene rings is 2. The Morgan fingerprint density at radius 1 is 1.12 bits per heavy atom. The van der Waals surface area contributed by atoms with Crippen LogP contribution in [0, 0.1) is 0 Å². The Hall–Kier alpha value is -2.42. The van der Waals surface area contributed by atoms with Crippen molar-refractivity contribution in [3.05, 3.63) is 47.5 Å². The van der Waals surface area contributed by atoms with Crippen molar-refractivity contribution in [3.63, 3.8) is 0 Å². The smallest absolute Gasteiger partial charge is 0.213 e. The zero-order chi connectivity index (χ0) is 18.4. The second-order valence-corrected chi connectivity index (χ2v) is 6.85. The molecule has 0 aliphatic carbocycles. The van der Waals surface area contributed by atoms with E-state index in [-0.39, 0.29) is 12.5 Å². The molecule has 7 nitrogen and oxygen atoms in total. The molecule has 2 aromatic rings. The van der Waals surface area contributed by atoms with E-state index in [1.54, 1.807) is 30.3 Å². The average Bonchev–Trinajstić information content (AvgIpc) is 2.58. The van der Waals surface area contributed by atoms with Crippen LogP contribution >= 0.6 is 0 Å². The molecule has 0 unspecified atom stereocenters. The molecule has 0 spiro atoms. The van der Waals surface area contributed by atoms with Crippen LogP contribution in [0.15, 0.2) is 36.4 Å². The van der Waals surface area contributed by atoms with Gasteiger partial charge in [0.15, 0.2) is 13.1 Å². The van der Waals surface area contributed by atoms with E-state index in [1.165, 1.54) is 20.3 Å². The van der Waals surface area contributed by atoms with Crippen LogP contribution in [0.5, 0.6) is 11.5 Å². The molecule has 0 atom stereocenters. The van der Waals surface area contributed by atoms with Gasteiger partial charge in [0, 0.05) is 12.7 Å². The molecule has 0 aliphatic rings. The normalized spacial score (nSPS) is 11.2. The molecule has 2 rings (SSSR count). The molecule has 134 valence electrons. The fourth-order valence-corrected chi connectivity index (χ4v) is 3.09. The summed E-state index contributed by atoms with van der Waals surface area (Å²) in [6.07, 6.45) is 0.647. The summed E-state index contributed by atoms with van der Waals surface area (Å²) in [7, 11) is -0.687. The maximum atomic E-state index is 11.6. The second kappa shape index (κ2) is 8.11. The third kappa shape index (κ3) is 4.79. The fourth-order valence-electron chi connectivity index (χ4n) is 2.45. The highest BCUT2D eigenvalue weighted by molar-refractivity contribution is 7.88. The van der Waals surface area contributed by atoms with Crippen molar-refractivity contribution in [2.75, 3.05) is 21.0 Å². The van der Waals surface area contributed by atoms with Crippen LogP contribution < -0.4 is 14.6 Å². The van der Waals surface area contributed by atoms with Crippen LogP contribution in [0.25, 0.3) is 11.1 Å². The van der Waals surface area contributed by atoms with Crippen molar-refractivity contribution in [2.24, 2.45) is 5.14 Å². The summed E-state index contributed by atoms with van der Waals surface area (Å²) >= 11 is 0. The molecule has 0 aromatic heterocycles. The quantitative estimate of drug-likeness (QED) is 0.566. The Kier molecular flexibility index (Phi) is 6.13. The molecule has 0 radical (unpaired) electrons. The fraction of sp³-hybridized carbons (Fsp3) is 0.235. The minimum absolute atomic E-state index is 0.0279. The summed E-state index contributed by atoms with van der Waals surface area (Å²) in [5.41, 5.74) is 1.85. The molecule has 0 saturated carbocycles. The van der Waals surface area contributed by atoms with Gasteiger partial charge in [0.25, 0.3) is 0 Å². The SMILES string of the molecule is COCOc1cccc(OC)c1-c1ccc(CS(N)(=O)=O)cc1C=O. The number of hydrogen-bond acceptors (Lipinski definition) is 6. The highest BCUT2D eigenvalue weighted by atomic mass is 32.2. The highest BCUT2D eigenvalue weighted by Gasteiger charge is 2.17. The number of carbonyl (C=O) groups is 1. The Bertz CT molecular complexity index is 863. The Labute approximate surface area is 146 Å². The molecule has 0 aliphatic heterocycles. The number of primary sulfonamides is 1. The van der Waals surface area contributed by atoms with E-state index in [1.807, 2.05) is 0 Å². The zero-order valence-electron chi connectivity index (χ0n) is 13.9. The Morgan fingerprint density at radius 2 is 1.84 bits per heavy atom. The van der Waals surface area contributed by atoms with Gasteiger partial charge in [0.2, 0.25) is 10.0 Å². The lowest BCUT2D eigenvalue weighted by atomic mass is 9.97. The van der Waals surface area contributed by atoms with Crippen LogP contribution in [-0.4, -0.2) is 35.7 Å². The van der Waals surface area contributed by atoms with Gasteiger partial charge in [-0.2, -0.15) is 0 Å². The minimum Gasteiger partial charge on any atom is -0.496 e. The number of hydrogen-bond donors (Lipinski definition) is 1. The number of methoxy groups -OCH3 is 2. The van der Waals surface area contributed by atoms with Crippen molar-refractivity contribution >= 4 is 16.3 Å². The highest BCUT2D eigenvalue weighted by Crippen LogP contribution is 2.40. The second-order valence-electron chi connectivity index (χ2n) is 5.23. The lowest BCUT2D eigenvalue weighted by Crippen LogP contribution is -2.14. The van der Waals surface area contributed by atoms with Crippen molar-refractivity contribution < 1.29 is 27.4 Å². The standard InChI is InChI=1S/C17H19NO6S/c1-22-11-24-16-5-3-4-15(23-2)17(16)14-7-6-12(8-13(14)9-19)10-25(18,20)21/h3-9H,10-11H2,1-2H3,(H2,18,20,21). The van der Waals surface area contributed by atoms with Gasteiger partial charge < -0.3 is 14.2 Å². The van der Waals surface area contributed by atoms with Gasteiger partial charge in [-0.3, -0.25) is 4.79 Å². The monoisotopic (exact) mass is 365 g/mol. The maximum Gasteiger partial charge on any atom is 0.213 e. The van der Waals surface area contributed by atoms with E-state index < -0.39 is 10.0 Å². The van der Waals surface area contributed by atoms with E-state index in [2.05, 4.69) is 0 Å². The predicted octanol–water partition coefficient (Wildman–Crippen LogP) is 1.95. The summed E-state index contributed by atoms with van der Waals surface area (Å²) in [6, 6.07) is 9.94. The van der Waals surface area contributed by atoms with E-state index in [0.29, 0.717) is 40.0 Å².